The van der Waals surface area contributed by atoms with E-state index in [1.54, 1.807) is 6.07 Å². The van der Waals surface area contributed by atoms with Gasteiger partial charge in [-0.2, -0.15) is 0 Å². The molecule has 0 aliphatic carbocycles. The van der Waals surface area contributed by atoms with Gasteiger partial charge in [-0.05, 0) is 42.5 Å². The van der Waals surface area contributed by atoms with Crippen molar-refractivity contribution in [2.45, 2.75) is 4.90 Å². The molecule has 2 aromatic rings. The second-order valence-corrected chi connectivity index (χ2v) is 7.81. The van der Waals surface area contributed by atoms with Crippen LogP contribution in [0.2, 0.25) is 5.02 Å². The lowest BCUT2D eigenvalue weighted by molar-refractivity contribution is 0.0698. The zero-order chi connectivity index (χ0) is 18.7. The van der Waals surface area contributed by atoms with E-state index in [4.69, 9.17) is 16.3 Å². The Morgan fingerprint density at radius 2 is 1.77 bits per heavy atom. The lowest BCUT2D eigenvalue weighted by atomic mass is 10.1. The molecule has 1 heterocycles. The average Bonchev–Trinajstić information content (AvgIpc) is 2.62. The van der Waals surface area contributed by atoms with E-state index in [2.05, 4.69) is 4.72 Å². The van der Waals surface area contributed by atoms with Gasteiger partial charge in [-0.3, -0.25) is 4.72 Å². The third-order valence-electron chi connectivity index (χ3n) is 3.98. The summed E-state index contributed by atoms with van der Waals surface area (Å²) in [5.74, 6) is -1.21. The van der Waals surface area contributed by atoms with Gasteiger partial charge in [-0.25, -0.2) is 13.2 Å². The molecule has 26 heavy (non-hydrogen) atoms. The van der Waals surface area contributed by atoms with Crippen LogP contribution in [0.4, 0.5) is 11.4 Å². The largest absolute Gasteiger partial charge is 0.478 e. The van der Waals surface area contributed by atoms with E-state index in [0.717, 1.165) is 0 Å². The van der Waals surface area contributed by atoms with Crippen molar-refractivity contribution in [3.63, 3.8) is 0 Å². The molecular weight excluding hydrogens is 380 g/mol. The summed E-state index contributed by atoms with van der Waals surface area (Å²) in [5.41, 5.74) is 0.594. The maximum atomic E-state index is 12.5. The van der Waals surface area contributed by atoms with Crippen LogP contribution in [0.3, 0.4) is 0 Å². The van der Waals surface area contributed by atoms with Crippen molar-refractivity contribution in [1.29, 1.82) is 0 Å². The molecule has 0 atom stereocenters. The molecule has 9 heteroatoms. The van der Waals surface area contributed by atoms with Crippen molar-refractivity contribution >= 4 is 39.0 Å². The summed E-state index contributed by atoms with van der Waals surface area (Å²) >= 11 is 5.77. The number of carboxylic acids is 1. The first-order chi connectivity index (χ1) is 12.4. The van der Waals surface area contributed by atoms with E-state index in [0.29, 0.717) is 37.0 Å². The minimum Gasteiger partial charge on any atom is -0.478 e. The summed E-state index contributed by atoms with van der Waals surface area (Å²) < 4.78 is 32.6. The van der Waals surface area contributed by atoms with Crippen molar-refractivity contribution in [2.75, 3.05) is 35.9 Å². The number of carboxylic acid groups (broad SMARTS) is 1. The molecule has 1 fully saturated rings. The molecule has 1 saturated heterocycles. The van der Waals surface area contributed by atoms with E-state index >= 15 is 0 Å². The fourth-order valence-electron chi connectivity index (χ4n) is 2.63. The van der Waals surface area contributed by atoms with Gasteiger partial charge in [0, 0.05) is 23.8 Å². The van der Waals surface area contributed by atoms with Crippen molar-refractivity contribution in [3.05, 3.63) is 53.1 Å². The van der Waals surface area contributed by atoms with Crippen LogP contribution < -0.4 is 9.62 Å². The van der Waals surface area contributed by atoms with Crippen molar-refractivity contribution in [1.82, 2.24) is 0 Å². The zero-order valence-electron chi connectivity index (χ0n) is 13.7. The molecule has 2 aromatic carbocycles. The van der Waals surface area contributed by atoms with Crippen LogP contribution in [0.5, 0.6) is 0 Å². The van der Waals surface area contributed by atoms with Gasteiger partial charge in [-0.15, -0.1) is 0 Å². The molecule has 0 radical (unpaired) electrons. The molecule has 0 spiro atoms. The van der Waals surface area contributed by atoms with Crippen molar-refractivity contribution < 1.29 is 23.1 Å². The second kappa shape index (κ2) is 7.53. The van der Waals surface area contributed by atoms with Crippen LogP contribution in [-0.2, 0) is 14.8 Å². The summed E-state index contributed by atoms with van der Waals surface area (Å²) in [6, 6.07) is 10.2. The second-order valence-electron chi connectivity index (χ2n) is 5.69. The van der Waals surface area contributed by atoms with E-state index in [-0.39, 0.29) is 16.1 Å². The first kappa shape index (κ1) is 18.5. The molecule has 7 nitrogen and oxygen atoms in total. The monoisotopic (exact) mass is 396 g/mol. The van der Waals surface area contributed by atoms with E-state index in [9.17, 15) is 18.3 Å². The zero-order valence-corrected chi connectivity index (χ0v) is 15.3. The molecule has 1 aliphatic rings. The Kier molecular flexibility index (Phi) is 5.36. The molecule has 138 valence electrons. The predicted molar refractivity (Wildman–Crippen MR) is 98.7 cm³/mol. The lowest BCUT2D eigenvalue weighted by Gasteiger charge is -2.29. The molecular formula is C17H17ClN2O5S. The van der Waals surface area contributed by atoms with E-state index in [1.165, 1.54) is 36.4 Å². The fourth-order valence-corrected chi connectivity index (χ4v) is 3.84. The highest BCUT2D eigenvalue weighted by Gasteiger charge is 2.20. The predicted octanol–water partition coefficient (Wildman–Crippen LogP) is 2.68. The molecule has 0 amide bonds. The third-order valence-corrected chi connectivity index (χ3v) is 5.61. The number of hydrogen-bond acceptors (Lipinski definition) is 5. The molecule has 0 saturated carbocycles. The number of aromatic carboxylic acids is 1. The molecule has 0 unspecified atom stereocenters. The number of nitrogens with zero attached hydrogens (tertiary/aromatic N) is 1. The van der Waals surface area contributed by atoms with Gasteiger partial charge < -0.3 is 14.7 Å². The topological polar surface area (TPSA) is 95.9 Å². The summed E-state index contributed by atoms with van der Waals surface area (Å²) in [7, 11) is -3.93. The van der Waals surface area contributed by atoms with Crippen LogP contribution in [0, 0.1) is 0 Å². The van der Waals surface area contributed by atoms with Gasteiger partial charge in [0.25, 0.3) is 10.0 Å². The van der Waals surface area contributed by atoms with Crippen LogP contribution in [0.15, 0.2) is 47.4 Å². The Labute approximate surface area is 156 Å². The van der Waals surface area contributed by atoms with Crippen LogP contribution in [0.1, 0.15) is 10.4 Å². The maximum Gasteiger partial charge on any atom is 0.337 e. The number of anilines is 2. The number of hydrogen-bond donors (Lipinski definition) is 2. The van der Waals surface area contributed by atoms with Crippen LogP contribution >= 0.6 is 11.6 Å². The summed E-state index contributed by atoms with van der Waals surface area (Å²) in [4.78, 5) is 13.6. The van der Waals surface area contributed by atoms with Crippen molar-refractivity contribution in [2.24, 2.45) is 0 Å². The molecule has 0 aromatic heterocycles. The van der Waals surface area contributed by atoms with E-state index < -0.39 is 16.0 Å². The maximum absolute atomic E-state index is 12.5. The average molecular weight is 397 g/mol. The van der Waals surface area contributed by atoms with Crippen LogP contribution in [-0.4, -0.2) is 45.8 Å². The summed E-state index contributed by atoms with van der Waals surface area (Å²) in [5, 5.41) is 9.90. The SMILES string of the molecule is O=C(O)c1cc(N2CCOCC2)ccc1NS(=O)(=O)c1ccc(Cl)cc1. The normalized spacial score (nSPS) is 14.9. The number of nitrogens with one attached hydrogen (secondary N) is 1. The van der Waals surface area contributed by atoms with Gasteiger partial charge in [0.1, 0.15) is 0 Å². The number of ether oxygens (including phenoxy) is 1. The van der Waals surface area contributed by atoms with E-state index in [1.807, 2.05) is 4.90 Å². The number of carbonyl (C=O) groups is 1. The quantitative estimate of drug-likeness (QED) is 0.806. The summed E-state index contributed by atoms with van der Waals surface area (Å²) in [6.07, 6.45) is 0. The number of halogens is 1. The van der Waals surface area contributed by atoms with Crippen LogP contribution in [0.25, 0.3) is 0 Å². The highest BCUT2D eigenvalue weighted by atomic mass is 35.5. The highest BCUT2D eigenvalue weighted by Crippen LogP contribution is 2.26. The molecule has 3 rings (SSSR count). The van der Waals surface area contributed by atoms with Gasteiger partial charge >= 0.3 is 5.97 Å². The minimum atomic E-state index is -3.93. The van der Waals surface area contributed by atoms with Crippen molar-refractivity contribution in [3.8, 4) is 0 Å². The number of benzene rings is 2. The Morgan fingerprint density at radius 3 is 2.38 bits per heavy atom. The Hall–Kier alpha value is -2.29. The Bertz CT molecular complexity index is 909. The first-order valence-corrected chi connectivity index (χ1v) is 9.71. The minimum absolute atomic E-state index is 0.00413. The van der Waals surface area contributed by atoms with Gasteiger partial charge in [0.05, 0.1) is 29.4 Å². The lowest BCUT2D eigenvalue weighted by Crippen LogP contribution is -2.36. The highest BCUT2D eigenvalue weighted by molar-refractivity contribution is 7.92. The number of morpholine rings is 1. The standard InChI is InChI=1S/C17H17ClN2O5S/c18-12-1-4-14(5-2-12)26(23,24)19-16-6-3-13(11-15(16)17(21)22)20-7-9-25-10-8-20/h1-6,11,19H,7-10H2,(H,21,22). The number of rotatable bonds is 5. The first-order valence-electron chi connectivity index (χ1n) is 7.85. The summed E-state index contributed by atoms with van der Waals surface area (Å²) in [6.45, 7) is 2.42. The van der Waals surface area contributed by atoms with Gasteiger partial charge in [-0.1, -0.05) is 11.6 Å². The third kappa shape index (κ3) is 4.09. The number of sulfonamides is 1. The molecule has 2 N–H and O–H groups in total. The van der Waals surface area contributed by atoms with Gasteiger partial charge in [0.15, 0.2) is 0 Å². The smallest absolute Gasteiger partial charge is 0.337 e. The van der Waals surface area contributed by atoms with Gasteiger partial charge in [0.2, 0.25) is 0 Å². The Morgan fingerprint density at radius 1 is 1.12 bits per heavy atom. The fraction of sp³-hybridized carbons (Fsp3) is 0.235. The Balaban J connectivity index is 1.91. The molecule has 1 aliphatic heterocycles. The molecule has 0 bridgehead atoms.